The van der Waals surface area contributed by atoms with Gasteiger partial charge in [0.15, 0.2) is 9.84 Å². The number of amides is 1. The molecule has 0 saturated heterocycles. The molecule has 0 saturated carbocycles. The molecule has 0 aliphatic carbocycles. The van der Waals surface area contributed by atoms with Crippen molar-refractivity contribution in [2.45, 2.75) is 24.3 Å². The van der Waals surface area contributed by atoms with E-state index < -0.39 is 9.84 Å². The largest absolute Gasteiger partial charge is 0.495 e. The van der Waals surface area contributed by atoms with Crippen LogP contribution in [-0.4, -0.2) is 32.7 Å². The lowest BCUT2D eigenvalue weighted by Crippen LogP contribution is -2.28. The average molecular weight is 348 g/mol. The summed E-state index contributed by atoms with van der Waals surface area (Å²) in [6, 6.07) is 7.86. The molecule has 1 aromatic carbocycles. The molecule has 128 valence electrons. The molecule has 24 heavy (non-hydrogen) atoms. The van der Waals surface area contributed by atoms with Crippen molar-refractivity contribution in [3.05, 3.63) is 53.9 Å². The Balaban J connectivity index is 2.29. The molecule has 0 unspecified atom stereocenters. The third-order valence-electron chi connectivity index (χ3n) is 3.65. The van der Waals surface area contributed by atoms with Gasteiger partial charge in [0, 0.05) is 24.2 Å². The number of nitrogens with zero attached hydrogens (tertiary/aromatic N) is 1. The van der Waals surface area contributed by atoms with E-state index in [1.54, 1.807) is 36.7 Å². The maximum atomic E-state index is 12.3. The summed E-state index contributed by atoms with van der Waals surface area (Å²) in [6.07, 6.45) is 4.89. The standard InChI is InChI=1S/C17H20N2O4S/c1-4-14(19-17(20)12-7-9-18-10-8-12)13-5-6-16(24(3,21)22)15(11-13)23-2/h5-11,14H,4H2,1-3H3,(H,19,20)/t14-/m0/s1. The van der Waals surface area contributed by atoms with Crippen LogP contribution in [0.15, 0.2) is 47.6 Å². The molecule has 0 radical (unpaired) electrons. The number of methoxy groups -OCH3 is 1. The van der Waals surface area contributed by atoms with E-state index in [2.05, 4.69) is 10.3 Å². The Kier molecular flexibility index (Phi) is 5.56. The molecule has 1 amide bonds. The van der Waals surface area contributed by atoms with Gasteiger partial charge in [-0.05, 0) is 36.2 Å². The van der Waals surface area contributed by atoms with Crippen LogP contribution in [0.5, 0.6) is 5.75 Å². The molecular formula is C17H20N2O4S. The molecule has 7 heteroatoms. The van der Waals surface area contributed by atoms with Gasteiger partial charge in [0.2, 0.25) is 0 Å². The van der Waals surface area contributed by atoms with Gasteiger partial charge < -0.3 is 10.1 Å². The summed E-state index contributed by atoms with van der Waals surface area (Å²) in [5.41, 5.74) is 1.30. The number of benzene rings is 1. The minimum absolute atomic E-state index is 0.129. The molecule has 0 aliphatic heterocycles. The van der Waals surface area contributed by atoms with Crippen LogP contribution < -0.4 is 10.1 Å². The lowest BCUT2D eigenvalue weighted by molar-refractivity contribution is 0.0935. The zero-order valence-corrected chi connectivity index (χ0v) is 14.6. The number of nitrogens with one attached hydrogen (secondary N) is 1. The lowest BCUT2D eigenvalue weighted by atomic mass is 10.0. The van der Waals surface area contributed by atoms with Crippen LogP contribution in [0.1, 0.15) is 35.3 Å². The maximum absolute atomic E-state index is 12.3. The van der Waals surface area contributed by atoms with Gasteiger partial charge in [0.05, 0.1) is 13.2 Å². The number of sulfone groups is 1. The molecule has 1 N–H and O–H groups in total. The summed E-state index contributed by atoms with van der Waals surface area (Å²) in [4.78, 5) is 16.3. The number of rotatable bonds is 6. The predicted molar refractivity (Wildman–Crippen MR) is 90.8 cm³/mol. The van der Waals surface area contributed by atoms with Crippen LogP contribution in [0.2, 0.25) is 0 Å². The first kappa shape index (κ1) is 17.9. The van der Waals surface area contributed by atoms with Crippen molar-refractivity contribution in [1.82, 2.24) is 10.3 Å². The first-order valence-corrected chi connectivity index (χ1v) is 9.34. The van der Waals surface area contributed by atoms with Crippen molar-refractivity contribution in [3.8, 4) is 5.75 Å². The van der Waals surface area contributed by atoms with E-state index in [-0.39, 0.29) is 22.6 Å². The van der Waals surface area contributed by atoms with Gasteiger partial charge in [-0.3, -0.25) is 9.78 Å². The van der Waals surface area contributed by atoms with Crippen molar-refractivity contribution in [3.63, 3.8) is 0 Å². The highest BCUT2D eigenvalue weighted by Gasteiger charge is 2.19. The molecule has 0 aliphatic rings. The molecule has 0 spiro atoms. The summed E-state index contributed by atoms with van der Waals surface area (Å²) in [5, 5.41) is 2.94. The van der Waals surface area contributed by atoms with Crippen molar-refractivity contribution < 1.29 is 17.9 Å². The van der Waals surface area contributed by atoms with Crippen LogP contribution in [0.25, 0.3) is 0 Å². The van der Waals surface area contributed by atoms with Crippen LogP contribution in [0, 0.1) is 0 Å². The Hall–Kier alpha value is -2.41. The Bertz CT molecular complexity index is 820. The van der Waals surface area contributed by atoms with Gasteiger partial charge >= 0.3 is 0 Å². The van der Waals surface area contributed by atoms with Crippen molar-refractivity contribution in [2.75, 3.05) is 13.4 Å². The van der Waals surface area contributed by atoms with Crippen LogP contribution in [0.4, 0.5) is 0 Å². The number of hydrogen-bond donors (Lipinski definition) is 1. The highest BCUT2D eigenvalue weighted by Crippen LogP contribution is 2.28. The second-order valence-electron chi connectivity index (χ2n) is 5.35. The fraction of sp³-hybridized carbons (Fsp3) is 0.294. The fourth-order valence-corrected chi connectivity index (χ4v) is 3.20. The minimum atomic E-state index is -3.38. The summed E-state index contributed by atoms with van der Waals surface area (Å²) in [6.45, 7) is 1.94. The maximum Gasteiger partial charge on any atom is 0.251 e. The van der Waals surface area contributed by atoms with Crippen LogP contribution in [-0.2, 0) is 9.84 Å². The molecule has 1 aromatic heterocycles. The molecule has 0 fully saturated rings. The van der Waals surface area contributed by atoms with Gasteiger partial charge in [-0.15, -0.1) is 0 Å². The van der Waals surface area contributed by atoms with E-state index in [4.69, 9.17) is 4.74 Å². The summed E-state index contributed by atoms with van der Waals surface area (Å²) in [5.74, 6) is 0.0574. The number of aromatic nitrogens is 1. The van der Waals surface area contributed by atoms with E-state index in [0.29, 0.717) is 12.0 Å². The van der Waals surface area contributed by atoms with Crippen molar-refractivity contribution >= 4 is 15.7 Å². The first-order chi connectivity index (χ1) is 11.4. The lowest BCUT2D eigenvalue weighted by Gasteiger charge is -2.19. The molecule has 6 nitrogen and oxygen atoms in total. The first-order valence-electron chi connectivity index (χ1n) is 7.45. The Morgan fingerprint density at radius 2 is 1.92 bits per heavy atom. The van der Waals surface area contributed by atoms with Gasteiger partial charge in [-0.1, -0.05) is 13.0 Å². The summed E-state index contributed by atoms with van der Waals surface area (Å²) in [7, 11) is -1.96. The number of carbonyl (C=O) groups is 1. The number of hydrogen-bond acceptors (Lipinski definition) is 5. The molecule has 0 bridgehead atoms. The minimum Gasteiger partial charge on any atom is -0.495 e. The zero-order valence-electron chi connectivity index (χ0n) is 13.8. The monoisotopic (exact) mass is 348 g/mol. The normalized spacial score (nSPS) is 12.5. The van der Waals surface area contributed by atoms with Crippen LogP contribution in [0.3, 0.4) is 0 Å². The van der Waals surface area contributed by atoms with E-state index in [9.17, 15) is 13.2 Å². The Labute approximate surface area is 141 Å². The van der Waals surface area contributed by atoms with E-state index >= 15 is 0 Å². The third-order valence-corrected chi connectivity index (χ3v) is 4.78. The van der Waals surface area contributed by atoms with Crippen molar-refractivity contribution in [1.29, 1.82) is 0 Å². The second-order valence-corrected chi connectivity index (χ2v) is 7.34. The van der Waals surface area contributed by atoms with Crippen LogP contribution >= 0.6 is 0 Å². The summed E-state index contributed by atoms with van der Waals surface area (Å²) >= 11 is 0. The number of ether oxygens (including phenoxy) is 1. The van der Waals surface area contributed by atoms with Crippen molar-refractivity contribution in [2.24, 2.45) is 0 Å². The second kappa shape index (κ2) is 7.44. The number of pyridine rings is 1. The molecule has 1 heterocycles. The van der Waals surface area contributed by atoms with E-state index in [0.717, 1.165) is 11.8 Å². The van der Waals surface area contributed by atoms with Gasteiger partial charge in [-0.25, -0.2) is 8.42 Å². The van der Waals surface area contributed by atoms with E-state index in [1.165, 1.54) is 13.2 Å². The van der Waals surface area contributed by atoms with Gasteiger partial charge in [0.25, 0.3) is 5.91 Å². The predicted octanol–water partition coefficient (Wildman–Crippen LogP) is 2.37. The smallest absolute Gasteiger partial charge is 0.251 e. The molecule has 2 rings (SSSR count). The third kappa shape index (κ3) is 4.11. The topological polar surface area (TPSA) is 85.4 Å². The molecule has 2 aromatic rings. The highest BCUT2D eigenvalue weighted by molar-refractivity contribution is 7.90. The fourth-order valence-electron chi connectivity index (χ4n) is 2.37. The van der Waals surface area contributed by atoms with Gasteiger partial charge in [0.1, 0.15) is 10.6 Å². The quantitative estimate of drug-likeness (QED) is 0.866. The summed E-state index contributed by atoms with van der Waals surface area (Å²) < 4.78 is 28.7. The SMILES string of the molecule is CC[C@H](NC(=O)c1ccncc1)c1ccc(S(C)(=O)=O)c(OC)c1. The van der Waals surface area contributed by atoms with Gasteiger partial charge in [-0.2, -0.15) is 0 Å². The molecular weight excluding hydrogens is 328 g/mol. The number of carbonyl (C=O) groups excluding carboxylic acids is 1. The van der Waals surface area contributed by atoms with E-state index in [1.807, 2.05) is 6.92 Å². The highest BCUT2D eigenvalue weighted by atomic mass is 32.2. The zero-order chi connectivity index (χ0) is 17.7. The Morgan fingerprint density at radius 3 is 2.46 bits per heavy atom. The average Bonchev–Trinajstić information content (AvgIpc) is 2.58. The Morgan fingerprint density at radius 1 is 1.25 bits per heavy atom. The molecule has 1 atom stereocenters.